The summed E-state index contributed by atoms with van der Waals surface area (Å²) in [5, 5.41) is 17.3. The van der Waals surface area contributed by atoms with E-state index in [2.05, 4.69) is 43.0 Å². The van der Waals surface area contributed by atoms with Gasteiger partial charge in [-0.1, -0.05) is 44.5 Å². The molecule has 1 aromatic rings. The molecule has 4 nitrogen and oxygen atoms in total. The fourth-order valence-electron chi connectivity index (χ4n) is 4.50. The standard InChI is InChI=1S/C20H31NO.CH2O2/c1-16(2)13-17-6-8-18(9-7-17)14-21-12-4-11-20(15-21)10-3-5-19(20)22;2-1-3/h6-9,16,19,22H,3-5,10-15H2,1-2H3;1H,(H,2,3)/t19-,20-;/m1./s1. The number of aliphatic hydroxyl groups excluding tert-OH is 1. The van der Waals surface area contributed by atoms with Crippen molar-refractivity contribution in [3.63, 3.8) is 0 Å². The van der Waals surface area contributed by atoms with Crippen molar-refractivity contribution in [3.05, 3.63) is 35.4 Å². The predicted molar refractivity (Wildman–Crippen MR) is 100 cm³/mol. The minimum Gasteiger partial charge on any atom is -0.483 e. The molecule has 0 amide bonds. The van der Waals surface area contributed by atoms with Gasteiger partial charge in [-0.05, 0) is 55.7 Å². The predicted octanol–water partition coefficient (Wildman–Crippen LogP) is 3.71. The number of hydrogen-bond donors (Lipinski definition) is 2. The topological polar surface area (TPSA) is 60.8 Å². The Hall–Kier alpha value is -1.39. The Balaban J connectivity index is 0.000000701. The summed E-state index contributed by atoms with van der Waals surface area (Å²) in [5.74, 6) is 0.719. The number of aliphatic hydroxyl groups is 1. The van der Waals surface area contributed by atoms with E-state index in [1.807, 2.05) is 0 Å². The van der Waals surface area contributed by atoms with Crippen LogP contribution in [0.15, 0.2) is 24.3 Å². The third kappa shape index (κ3) is 5.55. The van der Waals surface area contributed by atoms with Gasteiger partial charge in [-0.3, -0.25) is 9.69 Å². The van der Waals surface area contributed by atoms with Crippen LogP contribution in [0.2, 0.25) is 0 Å². The van der Waals surface area contributed by atoms with E-state index in [4.69, 9.17) is 9.90 Å². The van der Waals surface area contributed by atoms with E-state index in [0.29, 0.717) is 0 Å². The minimum atomic E-state index is -0.250. The van der Waals surface area contributed by atoms with Gasteiger partial charge in [0.2, 0.25) is 0 Å². The van der Waals surface area contributed by atoms with Crippen LogP contribution >= 0.6 is 0 Å². The Bertz CT molecular complexity index is 528. The molecule has 0 aromatic heterocycles. The highest BCUT2D eigenvalue weighted by molar-refractivity contribution is 5.32. The van der Waals surface area contributed by atoms with Gasteiger partial charge < -0.3 is 10.2 Å². The second kappa shape index (κ2) is 9.35. The molecule has 1 aliphatic heterocycles. The van der Waals surface area contributed by atoms with Crippen LogP contribution < -0.4 is 0 Å². The molecule has 0 bridgehead atoms. The van der Waals surface area contributed by atoms with Crippen LogP contribution in [0, 0.1) is 11.3 Å². The quantitative estimate of drug-likeness (QED) is 0.815. The van der Waals surface area contributed by atoms with Gasteiger partial charge in [0, 0.05) is 18.5 Å². The molecule has 2 fully saturated rings. The second-order valence-electron chi connectivity index (χ2n) is 8.10. The van der Waals surface area contributed by atoms with Crippen molar-refractivity contribution in [2.24, 2.45) is 11.3 Å². The maximum Gasteiger partial charge on any atom is 0.290 e. The van der Waals surface area contributed by atoms with Crippen LogP contribution in [0.1, 0.15) is 57.1 Å². The zero-order valence-electron chi connectivity index (χ0n) is 15.7. The van der Waals surface area contributed by atoms with Gasteiger partial charge in [0.05, 0.1) is 6.10 Å². The van der Waals surface area contributed by atoms with E-state index in [-0.39, 0.29) is 18.0 Å². The average Bonchev–Trinajstić information content (AvgIpc) is 2.90. The molecule has 3 rings (SSSR count). The van der Waals surface area contributed by atoms with Crippen molar-refractivity contribution >= 4 is 6.47 Å². The van der Waals surface area contributed by atoms with Crippen molar-refractivity contribution < 1.29 is 15.0 Å². The number of piperidine rings is 1. The minimum absolute atomic E-state index is 0.0660. The van der Waals surface area contributed by atoms with E-state index in [1.54, 1.807) is 0 Å². The molecular weight excluding hydrogens is 314 g/mol. The average molecular weight is 347 g/mol. The van der Waals surface area contributed by atoms with Crippen LogP contribution in [0.25, 0.3) is 0 Å². The lowest BCUT2D eigenvalue weighted by Gasteiger charge is -2.42. The monoisotopic (exact) mass is 347 g/mol. The van der Waals surface area contributed by atoms with Crippen molar-refractivity contribution in [2.75, 3.05) is 13.1 Å². The van der Waals surface area contributed by atoms with Crippen molar-refractivity contribution in [2.45, 2.75) is 65.0 Å². The molecule has 1 aliphatic carbocycles. The van der Waals surface area contributed by atoms with Crippen LogP contribution in [-0.4, -0.2) is 40.8 Å². The summed E-state index contributed by atoms with van der Waals surface area (Å²) in [4.78, 5) is 10.9. The normalized spacial score (nSPS) is 26.5. The molecule has 0 radical (unpaired) electrons. The first kappa shape index (κ1) is 19.9. The summed E-state index contributed by atoms with van der Waals surface area (Å²) in [6.07, 6.45) is 7.00. The molecule has 1 spiro atoms. The second-order valence-corrected chi connectivity index (χ2v) is 8.10. The zero-order chi connectivity index (χ0) is 18.3. The molecular formula is C21H33NO3. The third-order valence-electron chi connectivity index (χ3n) is 5.62. The zero-order valence-corrected chi connectivity index (χ0v) is 15.7. The number of benzene rings is 1. The molecule has 2 aliphatic rings. The van der Waals surface area contributed by atoms with Gasteiger partial charge in [-0.2, -0.15) is 0 Å². The number of likely N-dealkylation sites (tertiary alicyclic amines) is 1. The highest BCUT2D eigenvalue weighted by Gasteiger charge is 2.44. The van der Waals surface area contributed by atoms with Gasteiger partial charge in [0.15, 0.2) is 0 Å². The van der Waals surface area contributed by atoms with Crippen molar-refractivity contribution in [1.29, 1.82) is 0 Å². The molecule has 2 atom stereocenters. The molecule has 1 heterocycles. The molecule has 4 heteroatoms. The summed E-state index contributed by atoms with van der Waals surface area (Å²) >= 11 is 0. The lowest BCUT2D eigenvalue weighted by molar-refractivity contribution is -0.122. The van der Waals surface area contributed by atoms with Gasteiger partial charge >= 0.3 is 0 Å². The smallest absolute Gasteiger partial charge is 0.290 e. The maximum absolute atomic E-state index is 10.4. The lowest BCUT2D eigenvalue weighted by atomic mass is 9.76. The molecule has 1 aromatic carbocycles. The van der Waals surface area contributed by atoms with E-state index in [0.717, 1.165) is 25.4 Å². The summed E-state index contributed by atoms with van der Waals surface area (Å²) in [6.45, 7) is 7.60. The Morgan fingerprint density at radius 1 is 1.20 bits per heavy atom. The highest BCUT2D eigenvalue weighted by atomic mass is 16.3. The number of carbonyl (C=O) groups is 1. The van der Waals surface area contributed by atoms with Crippen molar-refractivity contribution in [1.82, 2.24) is 4.90 Å². The Morgan fingerprint density at radius 3 is 2.36 bits per heavy atom. The van der Waals surface area contributed by atoms with Crippen molar-refractivity contribution in [3.8, 4) is 0 Å². The SMILES string of the molecule is CC(C)Cc1ccc(CN2CCC[C@]3(CCC[C@H]3O)C2)cc1.O=CO. The Kier molecular flexibility index (Phi) is 7.45. The van der Waals surface area contributed by atoms with Gasteiger partial charge in [-0.25, -0.2) is 0 Å². The largest absolute Gasteiger partial charge is 0.483 e. The summed E-state index contributed by atoms with van der Waals surface area (Å²) in [6, 6.07) is 9.17. The number of carboxylic acid groups (broad SMARTS) is 1. The first-order chi connectivity index (χ1) is 12.0. The Labute approximate surface area is 151 Å². The summed E-state index contributed by atoms with van der Waals surface area (Å²) in [5.41, 5.74) is 3.06. The first-order valence-electron chi connectivity index (χ1n) is 9.55. The summed E-state index contributed by atoms with van der Waals surface area (Å²) in [7, 11) is 0. The van der Waals surface area contributed by atoms with E-state index in [1.165, 1.54) is 49.8 Å². The maximum atomic E-state index is 10.4. The summed E-state index contributed by atoms with van der Waals surface area (Å²) < 4.78 is 0. The third-order valence-corrected chi connectivity index (χ3v) is 5.62. The van der Waals surface area contributed by atoms with E-state index in [9.17, 15) is 5.11 Å². The van der Waals surface area contributed by atoms with E-state index >= 15 is 0 Å². The molecule has 2 N–H and O–H groups in total. The first-order valence-corrected chi connectivity index (χ1v) is 9.55. The highest BCUT2D eigenvalue weighted by Crippen LogP contribution is 2.45. The van der Waals surface area contributed by atoms with Gasteiger partial charge in [0.1, 0.15) is 0 Å². The fourth-order valence-corrected chi connectivity index (χ4v) is 4.50. The molecule has 1 saturated carbocycles. The fraction of sp³-hybridized carbons (Fsp3) is 0.667. The number of hydrogen-bond acceptors (Lipinski definition) is 3. The molecule has 140 valence electrons. The lowest BCUT2D eigenvalue weighted by Crippen LogP contribution is -2.46. The molecule has 1 saturated heterocycles. The Morgan fingerprint density at radius 2 is 1.80 bits per heavy atom. The van der Waals surface area contributed by atoms with Gasteiger partial charge in [0.25, 0.3) is 6.47 Å². The molecule has 25 heavy (non-hydrogen) atoms. The number of rotatable bonds is 4. The number of nitrogens with zero attached hydrogens (tertiary/aromatic N) is 1. The van der Waals surface area contributed by atoms with Gasteiger partial charge in [-0.15, -0.1) is 0 Å². The van der Waals surface area contributed by atoms with Crippen LogP contribution in [0.5, 0.6) is 0 Å². The van der Waals surface area contributed by atoms with E-state index < -0.39 is 0 Å². The van der Waals surface area contributed by atoms with Crippen LogP contribution in [0.3, 0.4) is 0 Å². The van der Waals surface area contributed by atoms with Crippen LogP contribution in [0.4, 0.5) is 0 Å². The van der Waals surface area contributed by atoms with Crippen LogP contribution in [-0.2, 0) is 17.8 Å². The molecule has 0 unspecified atom stereocenters.